The Morgan fingerprint density at radius 3 is 1.16 bits per heavy atom. The summed E-state index contributed by atoms with van der Waals surface area (Å²) >= 11 is 0. The molecule has 7 aromatic heterocycles. The Labute approximate surface area is 468 Å². The fraction of sp³-hybridized carbons (Fsp3) is 0.0139. The zero-order valence-electron chi connectivity index (χ0n) is 43.7. The zero-order chi connectivity index (χ0) is 53.6. The average molecular weight is 1060 g/mol. The highest BCUT2D eigenvalue weighted by atomic mass is 16.4. The van der Waals surface area contributed by atoms with Crippen LogP contribution >= 0.6 is 0 Å². The number of fused-ring (bicyclic) bond motifs is 12. The number of anilines is 6. The number of hydrogen-bond acceptors (Lipinski definition) is 8. The van der Waals surface area contributed by atoms with E-state index >= 15 is 0 Å². The van der Waals surface area contributed by atoms with Gasteiger partial charge in [-0.25, -0.2) is 9.80 Å². The van der Waals surface area contributed by atoms with Crippen LogP contribution in [0, 0.1) is 0 Å². The van der Waals surface area contributed by atoms with Crippen molar-refractivity contribution in [3.8, 4) is 33.4 Å². The van der Waals surface area contributed by atoms with Gasteiger partial charge in [0.15, 0.2) is 23.9 Å². The van der Waals surface area contributed by atoms with Crippen molar-refractivity contribution in [1.82, 2.24) is 0 Å². The lowest BCUT2D eigenvalue weighted by Gasteiger charge is -2.38. The second kappa shape index (κ2) is 17.3. The minimum Gasteiger partial charge on any atom is -0.453 e. The fourth-order valence-electron chi connectivity index (χ4n) is 13.3. The number of furan rings is 6. The van der Waals surface area contributed by atoms with Gasteiger partial charge in [0.25, 0.3) is 12.8 Å². The van der Waals surface area contributed by atoms with E-state index < -0.39 is 12.8 Å². The van der Waals surface area contributed by atoms with Crippen LogP contribution in [-0.2, 0) is 0 Å². The summed E-state index contributed by atoms with van der Waals surface area (Å²) in [4.78, 5) is 4.44. The predicted molar refractivity (Wildman–Crippen MR) is 326 cm³/mol. The van der Waals surface area contributed by atoms with Crippen molar-refractivity contribution in [1.29, 1.82) is 0 Å². The molecule has 0 spiro atoms. The zero-order valence-corrected chi connectivity index (χ0v) is 43.7. The molecule has 2 aliphatic rings. The van der Waals surface area contributed by atoms with E-state index in [-0.39, 0.29) is 0 Å². The van der Waals surface area contributed by atoms with E-state index in [1.54, 1.807) is 0 Å². The van der Waals surface area contributed by atoms with E-state index in [1.165, 1.54) is 0 Å². The molecular weight excluding hydrogens is 1010 g/mol. The molecule has 9 nitrogen and oxygen atoms in total. The molecule has 0 radical (unpaired) electrons. The van der Waals surface area contributed by atoms with Gasteiger partial charge in [-0.3, -0.25) is 0 Å². The average Bonchev–Trinajstić information content (AvgIpc) is 2.69. The maximum Gasteiger partial charge on any atom is 0.273 e. The summed E-state index contributed by atoms with van der Waals surface area (Å²) in [5, 5.41) is 5.84. The van der Waals surface area contributed by atoms with Gasteiger partial charge in [0.2, 0.25) is 23.5 Å². The topological polar surface area (TPSA) is 89.2 Å². The van der Waals surface area contributed by atoms with Gasteiger partial charge in [-0.05, 0) is 64.6 Å². The number of nitrogens with zero attached hydrogens (tertiary/aromatic N) is 3. The fourth-order valence-corrected chi connectivity index (χ4v) is 13.3. The molecule has 0 aliphatic carbocycles. The summed E-state index contributed by atoms with van der Waals surface area (Å²) in [6, 6.07) is 82.7. The highest BCUT2D eigenvalue weighted by molar-refractivity contribution is 7.02. The van der Waals surface area contributed by atoms with Crippen LogP contribution in [0.15, 0.2) is 282 Å². The lowest BCUT2D eigenvalue weighted by molar-refractivity contribution is -0.706. The Bertz CT molecular complexity index is 4960. The van der Waals surface area contributed by atoms with Crippen molar-refractivity contribution >= 4 is 124 Å². The smallest absolute Gasteiger partial charge is 0.273 e. The molecule has 0 saturated carbocycles. The van der Waals surface area contributed by atoms with Crippen molar-refractivity contribution in [3.63, 3.8) is 0 Å². The molecule has 2 aliphatic heterocycles. The van der Waals surface area contributed by atoms with Gasteiger partial charge in [0.05, 0.1) is 11.1 Å². The molecule has 10 heteroatoms. The van der Waals surface area contributed by atoms with Crippen LogP contribution in [0.3, 0.4) is 0 Å². The molecule has 1 atom stereocenters. The van der Waals surface area contributed by atoms with Crippen LogP contribution < -0.4 is 30.8 Å². The number of pyridine rings is 1. The third kappa shape index (κ3) is 6.42. The standard InChI is InChI=1S/C72H43BN3O6/c1-4-22-43(23-5-1)61-47-29-11-17-35-55(47)78-68(61)67(60-40-46-28-10-16-34-54(46)77-60)74-41-52-66-53(42-74)76(70-63(45-26-8-3-9-27-45)49-31-13-19-37-57(49)80-70)72-65(51-33-15-21-39-59(51)82-72)73(66)64-50-32-14-20-38-58(50)81-71(64)75(52)69-62(44-24-6-2-7-25-44)48-30-12-18-36-56(48)79-69/h1-42,67H/q+1. The molecule has 1 unspecified atom stereocenters. The van der Waals surface area contributed by atoms with Crippen molar-refractivity contribution in [2.45, 2.75) is 6.04 Å². The first-order chi connectivity index (χ1) is 40.7. The molecule has 0 fully saturated rings. The maximum atomic E-state index is 7.41. The minimum atomic E-state index is -0.721. The summed E-state index contributed by atoms with van der Waals surface area (Å²) in [5.41, 5.74) is 14.9. The van der Waals surface area contributed by atoms with Crippen LogP contribution in [0.2, 0.25) is 0 Å². The molecule has 9 aromatic carbocycles. The lowest BCUT2D eigenvalue weighted by Crippen LogP contribution is -2.62. The Hall–Kier alpha value is -11.0. The van der Waals surface area contributed by atoms with Crippen molar-refractivity contribution in [2.75, 3.05) is 9.80 Å². The van der Waals surface area contributed by atoms with Gasteiger partial charge in [-0.1, -0.05) is 200 Å². The summed E-state index contributed by atoms with van der Waals surface area (Å²) in [7, 11) is 0. The first-order valence-corrected chi connectivity index (χ1v) is 27.6. The minimum absolute atomic E-state index is 0.436. The van der Waals surface area contributed by atoms with Crippen LogP contribution in [0.1, 0.15) is 17.6 Å². The number of rotatable bonds is 8. The van der Waals surface area contributed by atoms with Crippen LogP contribution in [-0.4, -0.2) is 6.71 Å². The van der Waals surface area contributed by atoms with Gasteiger partial charge in [-0.2, -0.15) is 4.57 Å². The first-order valence-electron chi connectivity index (χ1n) is 27.6. The van der Waals surface area contributed by atoms with Gasteiger partial charge in [0.1, 0.15) is 44.9 Å². The van der Waals surface area contributed by atoms with E-state index in [0.29, 0.717) is 35.1 Å². The lowest BCUT2D eigenvalue weighted by atomic mass is 9.34. The number of hydrogen-bond donors (Lipinski definition) is 0. The number of benzene rings is 9. The number of para-hydroxylation sites is 6. The molecular formula is C72H43BN3O6+. The van der Waals surface area contributed by atoms with Crippen molar-refractivity contribution in [2.24, 2.45) is 0 Å². The second-order valence-electron chi connectivity index (χ2n) is 21.2. The number of aromatic nitrogens is 1. The molecule has 0 amide bonds. The molecule has 82 heavy (non-hydrogen) atoms. The molecule has 18 rings (SSSR count). The predicted octanol–water partition coefficient (Wildman–Crippen LogP) is 17.2. The van der Waals surface area contributed by atoms with Crippen LogP contribution in [0.4, 0.5) is 34.9 Å². The van der Waals surface area contributed by atoms with Gasteiger partial charge >= 0.3 is 0 Å². The SMILES string of the molecule is c1ccc(-c2c(C(c3cc4ccccc4o3)[n+]3cc4c5c(c3)N(c3oc6ccccc6c3-c3ccccc3)c3oc6ccccc6c3B5c3c(oc5ccccc35)N4c3oc4ccccc4c3-c3ccccc3)oc3ccccc23)cc1. The summed E-state index contributed by atoms with van der Waals surface area (Å²) in [6.07, 6.45) is 4.48. The van der Waals surface area contributed by atoms with E-state index in [4.69, 9.17) is 26.5 Å². The third-order valence-electron chi connectivity index (χ3n) is 16.7. The largest absolute Gasteiger partial charge is 0.453 e. The molecule has 9 heterocycles. The highest BCUT2D eigenvalue weighted by Gasteiger charge is 2.53. The monoisotopic (exact) mass is 1060 g/mol. The molecule has 0 N–H and O–H groups in total. The van der Waals surface area contributed by atoms with E-state index in [1.807, 2.05) is 84.9 Å². The Morgan fingerprint density at radius 1 is 0.317 bits per heavy atom. The van der Waals surface area contributed by atoms with Crippen LogP contribution in [0.25, 0.3) is 99.2 Å². The molecule has 384 valence electrons. The summed E-state index contributed by atoms with van der Waals surface area (Å²) < 4.78 is 46.3. The summed E-state index contributed by atoms with van der Waals surface area (Å²) in [6.45, 7) is -0.436. The Morgan fingerprint density at radius 2 is 0.683 bits per heavy atom. The van der Waals surface area contributed by atoms with Gasteiger partial charge in [-0.15, -0.1) is 0 Å². The highest BCUT2D eigenvalue weighted by Crippen LogP contribution is 2.54. The first kappa shape index (κ1) is 45.0. The summed E-state index contributed by atoms with van der Waals surface area (Å²) in [5.74, 6) is 3.83. The van der Waals surface area contributed by atoms with Crippen molar-refractivity contribution in [3.05, 3.63) is 267 Å². The van der Waals surface area contributed by atoms with Gasteiger partial charge < -0.3 is 26.5 Å². The third-order valence-corrected chi connectivity index (χ3v) is 16.7. The Kier molecular flexibility index (Phi) is 9.47. The normalized spacial score (nSPS) is 13.2. The van der Waals surface area contributed by atoms with Crippen LogP contribution in [0.5, 0.6) is 0 Å². The quantitative estimate of drug-likeness (QED) is 0.110. The van der Waals surface area contributed by atoms with E-state index in [9.17, 15) is 0 Å². The molecule has 0 saturated heterocycles. The molecule has 0 bridgehead atoms. The van der Waals surface area contributed by atoms with E-state index in [2.05, 4.69) is 184 Å². The van der Waals surface area contributed by atoms with Crippen molar-refractivity contribution < 1.29 is 31.1 Å². The maximum absolute atomic E-state index is 7.41. The van der Waals surface area contributed by atoms with Gasteiger partial charge in [0, 0.05) is 48.8 Å². The Balaban J connectivity index is 1.04. The van der Waals surface area contributed by atoms with E-state index in [0.717, 1.165) is 127 Å². The second-order valence-corrected chi connectivity index (χ2v) is 21.2. The molecule has 16 aromatic rings.